The number of tetrazole rings is 1. The molecule has 0 amide bonds. The fourth-order valence-electron chi connectivity index (χ4n) is 1.73. The average Bonchev–Trinajstić information content (AvgIpc) is 3.05. The zero-order valence-electron chi connectivity index (χ0n) is 11.4. The van der Waals surface area contributed by atoms with Crippen molar-refractivity contribution >= 4 is 0 Å². The van der Waals surface area contributed by atoms with Gasteiger partial charge in [-0.1, -0.05) is 25.5 Å². The number of nitrogens with two attached hydrogens (primary N) is 1. The minimum Gasteiger partial charge on any atom is -0.323 e. The van der Waals surface area contributed by atoms with E-state index in [9.17, 15) is 0 Å². The lowest BCUT2D eigenvalue weighted by Gasteiger charge is -2.03. The molecule has 2 aromatic rings. The Morgan fingerprint density at radius 3 is 2.84 bits per heavy atom. The van der Waals surface area contributed by atoms with Crippen LogP contribution in [-0.4, -0.2) is 35.2 Å². The van der Waals surface area contributed by atoms with Crippen LogP contribution in [0.3, 0.4) is 0 Å². The topological polar surface area (TPSA) is 100 Å². The predicted octanol–water partition coefficient (Wildman–Crippen LogP) is 0.523. The molecule has 8 heteroatoms. The molecule has 2 N–H and O–H groups in total. The van der Waals surface area contributed by atoms with Crippen LogP contribution in [0.25, 0.3) is 0 Å². The molecule has 0 radical (unpaired) electrons. The Hall–Kier alpha value is -1.83. The van der Waals surface area contributed by atoms with E-state index >= 15 is 0 Å². The maximum atomic E-state index is 5.92. The van der Waals surface area contributed by atoms with Crippen LogP contribution in [0.2, 0.25) is 0 Å². The van der Waals surface area contributed by atoms with Gasteiger partial charge in [0.2, 0.25) is 0 Å². The number of hydrogen-bond acceptors (Lipinski definition) is 6. The summed E-state index contributed by atoms with van der Waals surface area (Å²) >= 11 is 0. The van der Waals surface area contributed by atoms with E-state index in [-0.39, 0.29) is 6.04 Å². The summed E-state index contributed by atoms with van der Waals surface area (Å²) in [7, 11) is 0. The Labute approximate surface area is 112 Å². The molecule has 2 aromatic heterocycles. The van der Waals surface area contributed by atoms with Gasteiger partial charge in [0, 0.05) is 6.54 Å². The molecule has 2 rings (SSSR count). The molecule has 0 aliphatic rings. The number of aryl methyl sites for hydroxylation is 1. The van der Waals surface area contributed by atoms with Crippen LogP contribution >= 0.6 is 0 Å². The molecule has 0 spiro atoms. The molecule has 0 saturated heterocycles. The lowest BCUT2D eigenvalue weighted by atomic mass is 10.2. The highest BCUT2D eigenvalue weighted by Crippen LogP contribution is 2.09. The van der Waals surface area contributed by atoms with Gasteiger partial charge in [0.05, 0.1) is 17.9 Å². The van der Waals surface area contributed by atoms with Crippen molar-refractivity contribution < 1.29 is 0 Å². The molecular formula is C11H20N8. The molecule has 0 bridgehead atoms. The summed E-state index contributed by atoms with van der Waals surface area (Å²) in [5.41, 5.74) is 6.72. The van der Waals surface area contributed by atoms with Crippen LogP contribution < -0.4 is 5.73 Å². The lowest BCUT2D eigenvalue weighted by Crippen LogP contribution is -2.11. The molecule has 19 heavy (non-hydrogen) atoms. The van der Waals surface area contributed by atoms with Gasteiger partial charge in [-0.25, -0.2) is 9.36 Å². The van der Waals surface area contributed by atoms with E-state index in [2.05, 4.69) is 32.8 Å². The Balaban J connectivity index is 2.04. The van der Waals surface area contributed by atoms with E-state index < -0.39 is 0 Å². The summed E-state index contributed by atoms with van der Waals surface area (Å²) in [5, 5.41) is 19.8. The third-order valence-corrected chi connectivity index (χ3v) is 3.01. The van der Waals surface area contributed by atoms with Crippen molar-refractivity contribution in [3.63, 3.8) is 0 Å². The molecule has 1 atom stereocenters. The number of unbranched alkanes of at least 4 members (excludes halogenated alkanes) is 1. The summed E-state index contributed by atoms with van der Waals surface area (Å²) in [5.74, 6) is 0.787. The molecule has 2 heterocycles. The molecule has 0 saturated carbocycles. The molecule has 0 fully saturated rings. The summed E-state index contributed by atoms with van der Waals surface area (Å²) in [4.78, 5) is 0. The smallest absolute Gasteiger partial charge is 0.172 e. The van der Waals surface area contributed by atoms with Gasteiger partial charge in [0.15, 0.2) is 5.82 Å². The highest BCUT2D eigenvalue weighted by Gasteiger charge is 2.11. The van der Waals surface area contributed by atoms with Crippen LogP contribution in [0.5, 0.6) is 0 Å². The van der Waals surface area contributed by atoms with Gasteiger partial charge >= 0.3 is 0 Å². The van der Waals surface area contributed by atoms with Crippen LogP contribution in [0.4, 0.5) is 0 Å². The van der Waals surface area contributed by atoms with Crippen molar-refractivity contribution in [3.05, 3.63) is 17.7 Å². The van der Waals surface area contributed by atoms with E-state index in [1.54, 1.807) is 4.68 Å². The van der Waals surface area contributed by atoms with E-state index in [1.807, 2.05) is 17.8 Å². The van der Waals surface area contributed by atoms with Gasteiger partial charge in [0.1, 0.15) is 6.54 Å². The molecule has 0 aromatic carbocycles. The number of nitrogens with zero attached hydrogens (tertiary/aromatic N) is 7. The Kier molecular flexibility index (Phi) is 4.56. The molecule has 0 aliphatic heterocycles. The van der Waals surface area contributed by atoms with Gasteiger partial charge in [-0.05, 0) is 23.3 Å². The van der Waals surface area contributed by atoms with Gasteiger partial charge in [-0.15, -0.1) is 10.2 Å². The molecule has 8 nitrogen and oxygen atoms in total. The summed E-state index contributed by atoms with van der Waals surface area (Å²) in [6.45, 7) is 5.50. The first kappa shape index (κ1) is 13.6. The van der Waals surface area contributed by atoms with E-state index in [1.165, 1.54) is 0 Å². The van der Waals surface area contributed by atoms with Crippen molar-refractivity contribution in [2.75, 3.05) is 0 Å². The quantitative estimate of drug-likeness (QED) is 0.782. The monoisotopic (exact) mass is 264 g/mol. The number of hydrogen-bond donors (Lipinski definition) is 1. The van der Waals surface area contributed by atoms with E-state index in [0.29, 0.717) is 6.54 Å². The third-order valence-electron chi connectivity index (χ3n) is 3.01. The van der Waals surface area contributed by atoms with Crippen molar-refractivity contribution in [2.45, 2.75) is 52.2 Å². The second-order valence-corrected chi connectivity index (χ2v) is 4.53. The normalized spacial score (nSPS) is 12.8. The maximum absolute atomic E-state index is 5.92. The summed E-state index contributed by atoms with van der Waals surface area (Å²) in [6.07, 6.45) is 4.86. The van der Waals surface area contributed by atoms with Crippen LogP contribution in [0.15, 0.2) is 6.20 Å². The number of rotatable bonds is 7. The molecule has 1 unspecified atom stereocenters. The zero-order chi connectivity index (χ0) is 13.7. The predicted molar refractivity (Wildman–Crippen MR) is 69.1 cm³/mol. The zero-order valence-corrected chi connectivity index (χ0v) is 11.4. The highest BCUT2D eigenvalue weighted by molar-refractivity contribution is 5.00. The van der Waals surface area contributed by atoms with Crippen molar-refractivity contribution in [1.29, 1.82) is 0 Å². The number of aromatic nitrogens is 7. The Morgan fingerprint density at radius 1 is 1.26 bits per heavy atom. The first-order valence-electron chi connectivity index (χ1n) is 6.65. The minimum absolute atomic E-state index is 0.0650. The fraction of sp³-hybridized carbons (Fsp3) is 0.727. The van der Waals surface area contributed by atoms with Gasteiger partial charge < -0.3 is 5.73 Å². The fourth-order valence-corrected chi connectivity index (χ4v) is 1.73. The van der Waals surface area contributed by atoms with Crippen LogP contribution in [0, 0.1) is 0 Å². The van der Waals surface area contributed by atoms with E-state index in [4.69, 9.17) is 5.73 Å². The molecule has 0 aliphatic carbocycles. The Bertz CT molecular complexity index is 502. The van der Waals surface area contributed by atoms with Crippen molar-refractivity contribution in [3.8, 4) is 0 Å². The largest absolute Gasteiger partial charge is 0.323 e. The summed E-state index contributed by atoms with van der Waals surface area (Å²) in [6, 6.07) is -0.0650. The second-order valence-electron chi connectivity index (χ2n) is 4.53. The van der Waals surface area contributed by atoms with Crippen molar-refractivity contribution in [1.82, 2.24) is 35.2 Å². The van der Waals surface area contributed by atoms with E-state index in [0.717, 1.165) is 37.3 Å². The van der Waals surface area contributed by atoms with Gasteiger partial charge in [-0.3, -0.25) is 0 Å². The van der Waals surface area contributed by atoms with Gasteiger partial charge in [0.25, 0.3) is 0 Å². The van der Waals surface area contributed by atoms with Gasteiger partial charge in [-0.2, -0.15) is 0 Å². The average molecular weight is 264 g/mol. The minimum atomic E-state index is -0.0650. The van der Waals surface area contributed by atoms with Crippen LogP contribution in [-0.2, 0) is 13.1 Å². The molecule has 104 valence electrons. The summed E-state index contributed by atoms with van der Waals surface area (Å²) < 4.78 is 3.53. The maximum Gasteiger partial charge on any atom is 0.172 e. The third kappa shape index (κ3) is 3.34. The standard InChI is InChI=1S/C11H20N8/c1-3-5-6-19-11(14-15-17-19)8-18-7-10(13-16-18)9(12)4-2/h7,9H,3-6,8,12H2,1-2H3. The lowest BCUT2D eigenvalue weighted by molar-refractivity contribution is 0.511. The SMILES string of the molecule is CCCCn1nnnc1Cn1cc(C(N)CC)nn1. The highest BCUT2D eigenvalue weighted by atomic mass is 15.6. The second kappa shape index (κ2) is 6.37. The molecular weight excluding hydrogens is 244 g/mol. The van der Waals surface area contributed by atoms with Crippen LogP contribution in [0.1, 0.15) is 50.7 Å². The first-order valence-corrected chi connectivity index (χ1v) is 6.65. The first-order chi connectivity index (χ1) is 9.24. The van der Waals surface area contributed by atoms with Crippen molar-refractivity contribution in [2.24, 2.45) is 5.73 Å². The Morgan fingerprint density at radius 2 is 2.11 bits per heavy atom.